The highest BCUT2D eigenvalue weighted by Gasteiger charge is 2.69. The van der Waals surface area contributed by atoms with E-state index in [0.29, 0.717) is 10.8 Å². The van der Waals surface area contributed by atoms with Gasteiger partial charge in [0.2, 0.25) is 0 Å². The summed E-state index contributed by atoms with van der Waals surface area (Å²) in [4.78, 5) is 0. The first kappa shape index (κ1) is 14.1. The summed E-state index contributed by atoms with van der Waals surface area (Å²) in [5.41, 5.74) is 2.01. The molecular formula is C16H28O2. The number of allylic oxidation sites excluding steroid dienone is 1. The molecule has 0 aromatic rings. The van der Waals surface area contributed by atoms with Gasteiger partial charge in [-0.1, -0.05) is 26.8 Å². The Labute approximate surface area is 111 Å². The highest BCUT2D eigenvalue weighted by Crippen LogP contribution is 2.74. The monoisotopic (exact) mass is 252 g/mol. The molecule has 0 amide bonds. The number of aliphatic hydroxyl groups excluding tert-OH is 1. The summed E-state index contributed by atoms with van der Waals surface area (Å²) in [7, 11) is 1.83. The summed E-state index contributed by atoms with van der Waals surface area (Å²) in [6, 6.07) is 0. The summed E-state index contributed by atoms with van der Waals surface area (Å²) in [6.07, 6.45) is 7.07. The zero-order valence-electron chi connectivity index (χ0n) is 12.3. The van der Waals surface area contributed by atoms with Crippen LogP contribution in [0.4, 0.5) is 0 Å². The van der Waals surface area contributed by atoms with Crippen molar-refractivity contribution >= 4 is 0 Å². The molecule has 2 nitrogen and oxygen atoms in total. The Kier molecular flexibility index (Phi) is 3.89. The van der Waals surface area contributed by atoms with Gasteiger partial charge in [-0.05, 0) is 48.5 Å². The van der Waals surface area contributed by atoms with Gasteiger partial charge < -0.3 is 9.84 Å². The maximum atomic E-state index is 9.24. The first-order valence-electron chi connectivity index (χ1n) is 7.29. The van der Waals surface area contributed by atoms with E-state index in [0.717, 1.165) is 31.3 Å². The van der Waals surface area contributed by atoms with Crippen molar-refractivity contribution in [2.45, 2.75) is 46.5 Å². The molecule has 18 heavy (non-hydrogen) atoms. The van der Waals surface area contributed by atoms with Crippen LogP contribution in [-0.4, -0.2) is 25.4 Å². The van der Waals surface area contributed by atoms with Crippen LogP contribution in [0.2, 0.25) is 0 Å². The van der Waals surface area contributed by atoms with Crippen LogP contribution in [0.25, 0.3) is 0 Å². The van der Waals surface area contributed by atoms with Gasteiger partial charge in [0.05, 0.1) is 13.2 Å². The highest BCUT2D eigenvalue weighted by molar-refractivity contribution is 5.19. The third-order valence-electron chi connectivity index (χ3n) is 5.86. The van der Waals surface area contributed by atoms with E-state index in [1.807, 2.05) is 7.11 Å². The number of methoxy groups -OCH3 is 1. The number of ether oxygens (including phenoxy) is 1. The standard InChI is InChI=1S/C16H28O2/c1-5-12(10-17)6-7-13-8-14-9-16(14,11-18-4)15(13,2)3/h6,13-14,17H,5,7-11H2,1-4H3. The lowest BCUT2D eigenvalue weighted by Gasteiger charge is -2.36. The molecule has 3 atom stereocenters. The summed E-state index contributed by atoms with van der Waals surface area (Å²) in [5, 5.41) is 9.24. The minimum absolute atomic E-state index is 0.219. The Hall–Kier alpha value is -0.340. The molecule has 2 aliphatic carbocycles. The summed E-state index contributed by atoms with van der Waals surface area (Å²) in [6.45, 7) is 8.09. The van der Waals surface area contributed by atoms with Crippen LogP contribution in [0.5, 0.6) is 0 Å². The Bertz CT molecular complexity index is 326. The summed E-state index contributed by atoms with van der Waals surface area (Å²) in [5.74, 6) is 1.63. The van der Waals surface area contributed by atoms with Gasteiger partial charge in [0.25, 0.3) is 0 Å². The number of rotatable bonds is 6. The normalized spacial score (nSPS) is 37.7. The van der Waals surface area contributed by atoms with E-state index in [-0.39, 0.29) is 6.61 Å². The van der Waals surface area contributed by atoms with Crippen molar-refractivity contribution in [1.82, 2.24) is 0 Å². The molecule has 3 unspecified atom stereocenters. The lowest BCUT2D eigenvalue weighted by molar-refractivity contribution is 0.0464. The van der Waals surface area contributed by atoms with Crippen LogP contribution < -0.4 is 0 Å². The third kappa shape index (κ3) is 2.04. The molecule has 2 fully saturated rings. The molecule has 0 saturated heterocycles. The molecule has 0 heterocycles. The van der Waals surface area contributed by atoms with Gasteiger partial charge in [0, 0.05) is 12.5 Å². The maximum Gasteiger partial charge on any atom is 0.0641 e. The van der Waals surface area contributed by atoms with E-state index < -0.39 is 0 Å². The molecular weight excluding hydrogens is 224 g/mol. The molecule has 0 aromatic carbocycles. The quantitative estimate of drug-likeness (QED) is 0.734. The maximum absolute atomic E-state index is 9.24. The van der Waals surface area contributed by atoms with Gasteiger partial charge in [-0.25, -0.2) is 0 Å². The zero-order chi connectivity index (χ0) is 13.4. The van der Waals surface area contributed by atoms with E-state index >= 15 is 0 Å². The SMILES string of the molecule is CCC(=CCC1CC2CC2(COC)C1(C)C)CO. The van der Waals surface area contributed by atoms with E-state index in [1.54, 1.807) is 0 Å². The van der Waals surface area contributed by atoms with E-state index in [9.17, 15) is 5.11 Å². The van der Waals surface area contributed by atoms with Crippen LogP contribution in [0.3, 0.4) is 0 Å². The van der Waals surface area contributed by atoms with Gasteiger partial charge in [-0.15, -0.1) is 0 Å². The molecule has 1 N–H and O–H groups in total. The summed E-state index contributed by atoms with van der Waals surface area (Å²) < 4.78 is 5.47. The molecule has 0 spiro atoms. The van der Waals surface area contributed by atoms with Crippen LogP contribution in [-0.2, 0) is 4.74 Å². The summed E-state index contributed by atoms with van der Waals surface area (Å²) >= 11 is 0. The van der Waals surface area contributed by atoms with Gasteiger partial charge in [-0.3, -0.25) is 0 Å². The van der Waals surface area contributed by atoms with Crippen molar-refractivity contribution < 1.29 is 9.84 Å². The minimum Gasteiger partial charge on any atom is -0.392 e. The first-order chi connectivity index (χ1) is 8.51. The Morgan fingerprint density at radius 3 is 2.72 bits per heavy atom. The average molecular weight is 252 g/mol. The van der Waals surface area contributed by atoms with E-state index in [1.165, 1.54) is 18.4 Å². The van der Waals surface area contributed by atoms with Crippen molar-refractivity contribution in [3.05, 3.63) is 11.6 Å². The lowest BCUT2D eigenvalue weighted by atomic mass is 9.69. The Morgan fingerprint density at radius 2 is 2.17 bits per heavy atom. The van der Waals surface area contributed by atoms with Crippen molar-refractivity contribution in [2.24, 2.45) is 22.7 Å². The van der Waals surface area contributed by atoms with Crippen molar-refractivity contribution in [3.8, 4) is 0 Å². The number of hydrogen-bond donors (Lipinski definition) is 1. The molecule has 0 aromatic heterocycles. The molecule has 0 aliphatic heterocycles. The van der Waals surface area contributed by atoms with Crippen LogP contribution >= 0.6 is 0 Å². The average Bonchev–Trinajstić information content (AvgIpc) is 2.99. The fraction of sp³-hybridized carbons (Fsp3) is 0.875. The van der Waals surface area contributed by atoms with E-state index in [4.69, 9.17) is 4.74 Å². The topological polar surface area (TPSA) is 29.5 Å². The Morgan fingerprint density at radius 1 is 1.44 bits per heavy atom. The molecule has 2 saturated carbocycles. The second-order valence-corrected chi connectivity index (χ2v) is 6.75. The number of aliphatic hydroxyl groups is 1. The van der Waals surface area contributed by atoms with Gasteiger partial charge in [0.15, 0.2) is 0 Å². The van der Waals surface area contributed by atoms with Crippen LogP contribution in [0.15, 0.2) is 11.6 Å². The van der Waals surface area contributed by atoms with E-state index in [2.05, 4.69) is 26.8 Å². The molecule has 104 valence electrons. The first-order valence-corrected chi connectivity index (χ1v) is 7.29. The predicted octanol–water partition coefficient (Wildman–Crippen LogP) is 3.40. The molecule has 2 rings (SSSR count). The largest absolute Gasteiger partial charge is 0.392 e. The molecule has 0 bridgehead atoms. The Balaban J connectivity index is 2.03. The number of fused-ring (bicyclic) bond motifs is 1. The van der Waals surface area contributed by atoms with Crippen molar-refractivity contribution in [3.63, 3.8) is 0 Å². The second-order valence-electron chi connectivity index (χ2n) is 6.75. The molecule has 0 radical (unpaired) electrons. The van der Waals surface area contributed by atoms with Gasteiger partial charge >= 0.3 is 0 Å². The third-order valence-corrected chi connectivity index (χ3v) is 5.86. The smallest absolute Gasteiger partial charge is 0.0641 e. The van der Waals surface area contributed by atoms with Crippen molar-refractivity contribution in [2.75, 3.05) is 20.3 Å². The van der Waals surface area contributed by atoms with Gasteiger partial charge in [0.1, 0.15) is 0 Å². The second kappa shape index (κ2) is 4.97. The predicted molar refractivity (Wildman–Crippen MR) is 74.4 cm³/mol. The molecule has 2 aliphatic rings. The molecule has 2 heteroatoms. The van der Waals surface area contributed by atoms with Crippen LogP contribution in [0.1, 0.15) is 46.5 Å². The van der Waals surface area contributed by atoms with Crippen molar-refractivity contribution in [1.29, 1.82) is 0 Å². The highest BCUT2D eigenvalue weighted by atomic mass is 16.5. The zero-order valence-corrected chi connectivity index (χ0v) is 12.3. The van der Waals surface area contributed by atoms with Crippen LogP contribution in [0, 0.1) is 22.7 Å². The fourth-order valence-electron chi connectivity index (χ4n) is 4.16. The van der Waals surface area contributed by atoms with Gasteiger partial charge in [-0.2, -0.15) is 0 Å². The number of hydrogen-bond acceptors (Lipinski definition) is 2. The minimum atomic E-state index is 0.219. The lowest BCUT2D eigenvalue weighted by Crippen LogP contribution is -2.32. The fourth-order valence-corrected chi connectivity index (χ4v) is 4.16.